The smallest absolute Gasteiger partial charge is 0.258 e. The van der Waals surface area contributed by atoms with E-state index in [-0.39, 0.29) is 0 Å². The summed E-state index contributed by atoms with van der Waals surface area (Å²) in [7, 11) is 0. The van der Waals surface area contributed by atoms with Crippen molar-refractivity contribution in [2.24, 2.45) is 0 Å². The zero-order chi connectivity index (χ0) is 15.5. The number of rotatable bonds is 6. The average molecular weight is 346 g/mol. The minimum atomic E-state index is 0.481. The lowest BCUT2D eigenvalue weighted by molar-refractivity contribution is 0.425. The summed E-state index contributed by atoms with van der Waals surface area (Å²) < 4.78 is 12.2. The van der Waals surface area contributed by atoms with Crippen molar-refractivity contribution in [3.63, 3.8) is 0 Å². The van der Waals surface area contributed by atoms with Gasteiger partial charge in [-0.05, 0) is 34.0 Å². The molecule has 0 unspecified atom stereocenters. The van der Waals surface area contributed by atoms with Gasteiger partial charge in [0.05, 0.1) is 17.6 Å². The number of tetrazole rings is 1. The van der Waals surface area contributed by atoms with Gasteiger partial charge in [0.1, 0.15) is 12.3 Å². The van der Waals surface area contributed by atoms with Crippen LogP contribution in [0.2, 0.25) is 0 Å². The Balaban J connectivity index is 1.43. The van der Waals surface area contributed by atoms with Gasteiger partial charge in [0, 0.05) is 5.38 Å². The maximum Gasteiger partial charge on any atom is 0.258 e. The normalized spacial score (nSPS) is 11.1. The van der Waals surface area contributed by atoms with Crippen molar-refractivity contribution in [1.82, 2.24) is 30.3 Å². The molecule has 0 aliphatic carbocycles. The molecule has 0 radical (unpaired) electrons. The van der Waals surface area contributed by atoms with Crippen LogP contribution in [0.15, 0.2) is 49.3 Å². The van der Waals surface area contributed by atoms with Gasteiger partial charge in [-0.3, -0.25) is 0 Å². The van der Waals surface area contributed by atoms with E-state index in [0.29, 0.717) is 29.2 Å². The largest absolute Gasteiger partial charge is 0.467 e. The Labute approximate surface area is 138 Å². The van der Waals surface area contributed by atoms with Crippen LogP contribution in [0.4, 0.5) is 0 Å². The minimum Gasteiger partial charge on any atom is -0.467 e. The van der Waals surface area contributed by atoms with E-state index in [1.807, 2.05) is 29.0 Å². The van der Waals surface area contributed by atoms with Gasteiger partial charge >= 0.3 is 0 Å². The van der Waals surface area contributed by atoms with Crippen LogP contribution in [0, 0.1) is 0 Å². The number of hydrogen-bond acceptors (Lipinski definition) is 9. The third-order valence-corrected chi connectivity index (χ3v) is 4.59. The number of thiophene rings is 1. The predicted octanol–water partition coefficient (Wildman–Crippen LogP) is 2.72. The second kappa shape index (κ2) is 6.34. The molecule has 8 nitrogen and oxygen atoms in total. The molecular weight excluding hydrogens is 336 g/mol. The molecule has 0 aliphatic heterocycles. The number of thioether (sulfide) groups is 1. The van der Waals surface area contributed by atoms with Crippen molar-refractivity contribution < 1.29 is 8.94 Å². The predicted molar refractivity (Wildman–Crippen MR) is 82.8 cm³/mol. The Bertz CT molecular complexity index is 868. The number of hydrogen-bond donors (Lipinski definition) is 0. The van der Waals surface area contributed by atoms with Gasteiger partial charge < -0.3 is 8.94 Å². The van der Waals surface area contributed by atoms with Gasteiger partial charge in [-0.1, -0.05) is 16.9 Å². The highest BCUT2D eigenvalue weighted by molar-refractivity contribution is 7.98. The van der Waals surface area contributed by atoms with Crippen LogP contribution in [0.3, 0.4) is 0 Å². The summed E-state index contributed by atoms with van der Waals surface area (Å²) in [6, 6.07) is 5.65. The molecule has 0 fully saturated rings. The van der Waals surface area contributed by atoms with Crippen molar-refractivity contribution in [3.05, 3.63) is 46.8 Å². The fourth-order valence-electron chi connectivity index (χ4n) is 1.89. The van der Waals surface area contributed by atoms with E-state index in [4.69, 9.17) is 8.94 Å². The number of furan rings is 1. The van der Waals surface area contributed by atoms with E-state index < -0.39 is 0 Å². The third kappa shape index (κ3) is 3.17. The lowest BCUT2D eigenvalue weighted by Crippen LogP contribution is -2.03. The molecule has 4 aromatic rings. The van der Waals surface area contributed by atoms with E-state index in [0.717, 1.165) is 11.3 Å². The van der Waals surface area contributed by atoms with Gasteiger partial charge in [-0.15, -0.1) is 5.10 Å². The van der Waals surface area contributed by atoms with Crippen LogP contribution in [0.1, 0.15) is 11.6 Å². The summed E-state index contributed by atoms with van der Waals surface area (Å²) in [4.78, 5) is 4.37. The quantitative estimate of drug-likeness (QED) is 0.492. The third-order valence-electron chi connectivity index (χ3n) is 2.95. The molecule has 4 rings (SSSR count). The van der Waals surface area contributed by atoms with E-state index in [9.17, 15) is 0 Å². The summed E-state index contributed by atoms with van der Waals surface area (Å²) >= 11 is 3.03. The Morgan fingerprint density at radius 3 is 3.13 bits per heavy atom. The second-order valence-corrected chi connectivity index (χ2v) is 6.24. The highest BCUT2D eigenvalue weighted by atomic mass is 32.2. The molecule has 23 heavy (non-hydrogen) atoms. The molecule has 0 bridgehead atoms. The summed E-state index contributed by atoms with van der Waals surface area (Å²) in [6.45, 7) is 0.481. The highest BCUT2D eigenvalue weighted by Gasteiger charge is 2.13. The first-order valence-corrected chi connectivity index (χ1v) is 8.58. The summed E-state index contributed by atoms with van der Waals surface area (Å²) in [5.41, 5.74) is 0.932. The lowest BCUT2D eigenvalue weighted by Gasteiger charge is -2.00. The number of nitrogens with zero attached hydrogens (tertiary/aromatic N) is 6. The topological polar surface area (TPSA) is 95.7 Å². The molecule has 0 amide bonds. The van der Waals surface area contributed by atoms with Crippen LogP contribution in [0.25, 0.3) is 11.5 Å². The Kier molecular flexibility index (Phi) is 3.90. The van der Waals surface area contributed by atoms with Gasteiger partial charge in [-0.25, -0.2) is 4.68 Å². The Morgan fingerprint density at radius 1 is 1.30 bits per heavy atom. The number of aromatic nitrogens is 6. The molecule has 4 heterocycles. The maximum absolute atomic E-state index is 5.30. The molecule has 0 saturated heterocycles. The van der Waals surface area contributed by atoms with Gasteiger partial charge in [-0.2, -0.15) is 16.3 Å². The van der Waals surface area contributed by atoms with Crippen LogP contribution in [-0.2, 0) is 12.3 Å². The monoisotopic (exact) mass is 346 g/mol. The zero-order valence-electron chi connectivity index (χ0n) is 11.7. The molecule has 10 heteroatoms. The SMILES string of the molecule is c1coc(Cn2nnnc2SCc2noc(-c3ccsc3)n2)c1. The zero-order valence-corrected chi connectivity index (χ0v) is 13.3. The van der Waals surface area contributed by atoms with E-state index in [1.165, 1.54) is 11.8 Å². The average Bonchev–Trinajstić information content (AvgIpc) is 3.34. The van der Waals surface area contributed by atoms with Crippen molar-refractivity contribution in [2.45, 2.75) is 17.5 Å². The van der Waals surface area contributed by atoms with E-state index in [2.05, 4.69) is 25.7 Å². The summed E-state index contributed by atoms with van der Waals surface area (Å²) in [6.07, 6.45) is 1.62. The maximum atomic E-state index is 5.30. The van der Waals surface area contributed by atoms with Crippen molar-refractivity contribution in [1.29, 1.82) is 0 Å². The van der Waals surface area contributed by atoms with Gasteiger partial charge in [0.25, 0.3) is 5.89 Å². The summed E-state index contributed by atoms with van der Waals surface area (Å²) in [5.74, 6) is 2.44. The van der Waals surface area contributed by atoms with Crippen LogP contribution in [0.5, 0.6) is 0 Å². The first-order chi connectivity index (χ1) is 11.4. The molecule has 0 N–H and O–H groups in total. The van der Waals surface area contributed by atoms with E-state index in [1.54, 1.807) is 22.3 Å². The molecule has 4 aromatic heterocycles. The first kappa shape index (κ1) is 14.2. The molecule has 0 spiro atoms. The highest BCUT2D eigenvalue weighted by Crippen LogP contribution is 2.23. The van der Waals surface area contributed by atoms with Gasteiger partial charge in [0.15, 0.2) is 5.82 Å². The van der Waals surface area contributed by atoms with Crippen LogP contribution >= 0.6 is 23.1 Å². The fourth-order valence-corrected chi connectivity index (χ4v) is 3.24. The molecule has 0 aliphatic rings. The molecule has 0 aromatic carbocycles. The van der Waals surface area contributed by atoms with Crippen LogP contribution < -0.4 is 0 Å². The van der Waals surface area contributed by atoms with Gasteiger partial charge in [0.2, 0.25) is 5.16 Å². The summed E-state index contributed by atoms with van der Waals surface area (Å²) in [5, 5.41) is 20.3. The molecule has 0 saturated carbocycles. The lowest BCUT2D eigenvalue weighted by atomic mass is 10.3. The van der Waals surface area contributed by atoms with Crippen molar-refractivity contribution in [2.75, 3.05) is 0 Å². The molecular formula is C13H10N6O2S2. The Morgan fingerprint density at radius 2 is 2.30 bits per heavy atom. The Hall–Kier alpha value is -2.46. The molecule has 0 atom stereocenters. The van der Waals surface area contributed by atoms with Crippen LogP contribution in [-0.4, -0.2) is 30.3 Å². The molecule has 116 valence electrons. The minimum absolute atomic E-state index is 0.481. The fraction of sp³-hybridized carbons (Fsp3) is 0.154. The van der Waals surface area contributed by atoms with Crippen molar-refractivity contribution in [3.8, 4) is 11.5 Å². The second-order valence-electron chi connectivity index (χ2n) is 4.51. The van der Waals surface area contributed by atoms with Crippen molar-refractivity contribution >= 4 is 23.1 Å². The first-order valence-electron chi connectivity index (χ1n) is 6.65. The standard InChI is InChI=1S/C13H10N6O2S2/c1-2-10(20-4-1)6-19-13(15-17-18-19)23-8-11-14-12(21-16-11)9-3-5-22-7-9/h1-5,7H,6,8H2. The van der Waals surface area contributed by atoms with E-state index >= 15 is 0 Å².